The smallest absolute Gasteiger partial charge is 0.328 e. The molecule has 0 bridgehead atoms. The van der Waals surface area contributed by atoms with E-state index in [1.807, 2.05) is 24.3 Å². The summed E-state index contributed by atoms with van der Waals surface area (Å²) < 4.78 is 7.08. The van der Waals surface area contributed by atoms with Gasteiger partial charge in [-0.05, 0) is 63.4 Å². The Balaban J connectivity index is 1.31. The molecule has 0 radical (unpaired) electrons. The fourth-order valence-corrected chi connectivity index (χ4v) is 4.61. The molecule has 2 saturated heterocycles. The van der Waals surface area contributed by atoms with Crippen molar-refractivity contribution in [2.75, 3.05) is 32.8 Å². The number of amides is 1. The van der Waals surface area contributed by atoms with Gasteiger partial charge in [-0.1, -0.05) is 12.1 Å². The van der Waals surface area contributed by atoms with E-state index in [9.17, 15) is 19.5 Å². The summed E-state index contributed by atoms with van der Waals surface area (Å²) in [5.74, 6) is 0.491. The number of likely N-dealkylation sites (tertiary alicyclic amines) is 2. The molecule has 1 aromatic carbocycles. The number of H-pyrrole nitrogens is 1. The highest BCUT2D eigenvalue weighted by atomic mass is 16.5. The number of carbonyl (C=O) groups excluding carboxylic acids is 1. The van der Waals surface area contributed by atoms with Gasteiger partial charge in [0.05, 0.1) is 12.1 Å². The van der Waals surface area contributed by atoms with Crippen LogP contribution in [-0.4, -0.2) is 69.3 Å². The molecule has 2 aliphatic rings. The maximum atomic E-state index is 12.7. The van der Waals surface area contributed by atoms with Crippen LogP contribution in [0.3, 0.4) is 0 Å². The molecule has 0 unspecified atom stereocenters. The van der Waals surface area contributed by atoms with E-state index < -0.39 is 23.4 Å². The van der Waals surface area contributed by atoms with Crippen molar-refractivity contribution in [3.63, 3.8) is 0 Å². The van der Waals surface area contributed by atoms with Gasteiger partial charge in [-0.25, -0.2) is 4.79 Å². The number of aryl methyl sites for hydroxylation is 1. The Bertz CT molecular complexity index is 1070. The molecule has 33 heavy (non-hydrogen) atoms. The average molecular weight is 457 g/mol. The first-order valence-corrected chi connectivity index (χ1v) is 11.6. The largest absolute Gasteiger partial charge is 0.484 e. The van der Waals surface area contributed by atoms with Crippen LogP contribution in [0, 0.1) is 6.92 Å². The van der Waals surface area contributed by atoms with Gasteiger partial charge < -0.3 is 14.7 Å². The second kappa shape index (κ2) is 10.4. The lowest BCUT2D eigenvalue weighted by Gasteiger charge is -2.22. The molecule has 1 amide bonds. The summed E-state index contributed by atoms with van der Waals surface area (Å²) in [6.07, 6.45) is 3.95. The van der Waals surface area contributed by atoms with Gasteiger partial charge in [0.2, 0.25) is 0 Å². The third-order valence-electron chi connectivity index (χ3n) is 6.58. The van der Waals surface area contributed by atoms with E-state index in [1.165, 1.54) is 29.2 Å². The van der Waals surface area contributed by atoms with Crippen LogP contribution >= 0.6 is 0 Å². The van der Waals surface area contributed by atoms with E-state index in [0.717, 1.165) is 19.6 Å². The van der Waals surface area contributed by atoms with Crippen molar-refractivity contribution in [1.29, 1.82) is 0 Å². The number of aromatic amines is 1. The first-order chi connectivity index (χ1) is 15.9. The molecule has 2 aromatic rings. The monoisotopic (exact) mass is 456 g/mol. The number of aromatic nitrogens is 2. The third kappa shape index (κ3) is 5.72. The average Bonchev–Trinajstić information content (AvgIpc) is 3.23. The fourth-order valence-electron chi connectivity index (χ4n) is 4.61. The summed E-state index contributed by atoms with van der Waals surface area (Å²) >= 11 is 0. The van der Waals surface area contributed by atoms with Crippen LogP contribution in [0.15, 0.2) is 40.1 Å². The van der Waals surface area contributed by atoms with E-state index in [2.05, 4.69) is 9.88 Å². The van der Waals surface area contributed by atoms with E-state index >= 15 is 0 Å². The van der Waals surface area contributed by atoms with Crippen LogP contribution in [0.25, 0.3) is 0 Å². The number of ether oxygens (including phenoxy) is 1. The highest BCUT2D eigenvalue weighted by molar-refractivity contribution is 5.77. The summed E-state index contributed by atoms with van der Waals surface area (Å²) in [5, 5.41) is 10.6. The molecular weight excluding hydrogens is 424 g/mol. The number of hydrogen-bond donors (Lipinski definition) is 2. The highest BCUT2D eigenvalue weighted by Gasteiger charge is 2.29. The molecule has 9 nitrogen and oxygen atoms in total. The molecule has 0 aliphatic carbocycles. The standard InChI is InChI=1S/C24H32N4O5/c1-17-14-28(24(32)25-23(17)31)20-8-12-27(13-9-21(20)29)22(30)16-33-19-6-4-18(5-7-19)15-26-10-2-3-11-26/h4-7,14,20-21,29H,2-3,8-13,15-16H2,1H3,(H,25,31,32)/t20-,21-/m0/s1. The molecule has 0 saturated carbocycles. The van der Waals surface area contributed by atoms with E-state index in [0.29, 0.717) is 37.2 Å². The van der Waals surface area contributed by atoms with Crippen molar-refractivity contribution < 1.29 is 14.6 Å². The number of nitrogens with zero attached hydrogens (tertiary/aromatic N) is 3. The second-order valence-electron chi connectivity index (χ2n) is 8.99. The van der Waals surface area contributed by atoms with Gasteiger partial charge in [-0.2, -0.15) is 0 Å². The van der Waals surface area contributed by atoms with Crippen molar-refractivity contribution in [2.45, 2.75) is 51.3 Å². The number of benzene rings is 1. The number of carbonyl (C=O) groups is 1. The molecule has 1 aromatic heterocycles. The van der Waals surface area contributed by atoms with Crippen LogP contribution < -0.4 is 16.0 Å². The van der Waals surface area contributed by atoms with Gasteiger partial charge >= 0.3 is 5.69 Å². The molecule has 2 atom stereocenters. The van der Waals surface area contributed by atoms with Crippen LogP contribution in [0.5, 0.6) is 5.75 Å². The Morgan fingerprint density at radius 3 is 2.52 bits per heavy atom. The summed E-state index contributed by atoms with van der Waals surface area (Å²) in [6, 6.07) is 7.36. The van der Waals surface area contributed by atoms with Crippen LogP contribution in [0.1, 0.15) is 42.9 Å². The lowest BCUT2D eigenvalue weighted by molar-refractivity contribution is -0.133. The zero-order valence-electron chi connectivity index (χ0n) is 19.0. The molecule has 2 aliphatic heterocycles. The molecule has 3 heterocycles. The second-order valence-corrected chi connectivity index (χ2v) is 8.99. The van der Waals surface area contributed by atoms with Crippen molar-refractivity contribution in [2.24, 2.45) is 0 Å². The molecular formula is C24H32N4O5. The number of rotatable bonds is 6. The first kappa shape index (κ1) is 23.3. The quantitative estimate of drug-likeness (QED) is 0.673. The Morgan fingerprint density at radius 1 is 1.09 bits per heavy atom. The minimum atomic E-state index is -0.796. The zero-order valence-corrected chi connectivity index (χ0v) is 19.0. The minimum Gasteiger partial charge on any atom is -0.484 e. The van der Waals surface area contributed by atoms with Crippen LogP contribution in [-0.2, 0) is 11.3 Å². The predicted molar refractivity (Wildman–Crippen MR) is 123 cm³/mol. The van der Waals surface area contributed by atoms with Gasteiger partial charge in [0.15, 0.2) is 6.61 Å². The number of aliphatic hydroxyl groups excluding tert-OH is 1. The number of hydrogen-bond acceptors (Lipinski definition) is 6. The van der Waals surface area contributed by atoms with Crippen molar-refractivity contribution in [1.82, 2.24) is 19.4 Å². The maximum absolute atomic E-state index is 12.7. The van der Waals surface area contributed by atoms with Crippen LogP contribution in [0.4, 0.5) is 0 Å². The van der Waals surface area contributed by atoms with Crippen molar-refractivity contribution in [3.8, 4) is 5.75 Å². The summed E-state index contributed by atoms with van der Waals surface area (Å²) in [4.78, 5) is 43.0. The molecule has 4 rings (SSSR count). The van der Waals surface area contributed by atoms with Gasteiger partial charge in [0.1, 0.15) is 5.75 Å². The lowest BCUT2D eigenvalue weighted by atomic mass is 10.1. The predicted octanol–water partition coefficient (Wildman–Crippen LogP) is 1.04. The van der Waals surface area contributed by atoms with E-state index in [1.54, 1.807) is 11.8 Å². The van der Waals surface area contributed by atoms with Gasteiger partial charge in [-0.3, -0.25) is 24.0 Å². The lowest BCUT2D eigenvalue weighted by Crippen LogP contribution is -2.37. The summed E-state index contributed by atoms with van der Waals surface area (Å²) in [6.45, 7) is 5.54. The Hall–Kier alpha value is -2.91. The normalized spacial score (nSPS) is 21.7. The number of aliphatic hydroxyl groups is 1. The first-order valence-electron chi connectivity index (χ1n) is 11.6. The topological polar surface area (TPSA) is 108 Å². The molecule has 2 fully saturated rings. The fraction of sp³-hybridized carbons (Fsp3) is 0.542. The van der Waals surface area contributed by atoms with Crippen molar-refractivity contribution in [3.05, 3.63) is 62.4 Å². The SMILES string of the molecule is Cc1cn([C@H]2CCN(C(=O)COc3ccc(CN4CCCC4)cc3)CC[C@@H]2O)c(=O)[nH]c1=O. The summed E-state index contributed by atoms with van der Waals surface area (Å²) in [7, 11) is 0. The minimum absolute atomic E-state index is 0.0794. The highest BCUT2D eigenvalue weighted by Crippen LogP contribution is 2.22. The van der Waals surface area contributed by atoms with Crippen molar-refractivity contribution >= 4 is 5.91 Å². The van der Waals surface area contributed by atoms with Gasteiger partial charge in [-0.15, -0.1) is 0 Å². The zero-order chi connectivity index (χ0) is 23.4. The van der Waals surface area contributed by atoms with Gasteiger partial charge in [0.25, 0.3) is 11.5 Å². The third-order valence-corrected chi connectivity index (χ3v) is 6.58. The maximum Gasteiger partial charge on any atom is 0.328 e. The Morgan fingerprint density at radius 2 is 1.79 bits per heavy atom. The molecule has 2 N–H and O–H groups in total. The molecule has 178 valence electrons. The summed E-state index contributed by atoms with van der Waals surface area (Å²) in [5.41, 5.74) is 0.651. The Kier molecular flexibility index (Phi) is 7.29. The number of nitrogens with one attached hydrogen (secondary N) is 1. The molecule has 0 spiro atoms. The van der Waals surface area contributed by atoms with Gasteiger partial charge in [0, 0.05) is 31.4 Å². The van der Waals surface area contributed by atoms with E-state index in [4.69, 9.17) is 4.74 Å². The molecule has 9 heteroatoms. The van der Waals surface area contributed by atoms with E-state index in [-0.39, 0.29) is 12.5 Å². The Labute approximate surface area is 192 Å². The van der Waals surface area contributed by atoms with Crippen LogP contribution in [0.2, 0.25) is 0 Å².